The van der Waals surface area contributed by atoms with E-state index in [9.17, 15) is 17.6 Å². The average Bonchev–Trinajstić information content (AvgIpc) is 2.47. The monoisotopic (exact) mass is 317 g/mol. The number of rotatable bonds is 4. The number of hydrogen-bond donors (Lipinski definition) is 1. The zero-order chi connectivity index (χ0) is 15.6. The summed E-state index contributed by atoms with van der Waals surface area (Å²) in [6, 6.07) is 2.80. The van der Waals surface area contributed by atoms with Gasteiger partial charge in [-0.3, -0.25) is 0 Å². The third kappa shape index (κ3) is 3.22. The van der Waals surface area contributed by atoms with E-state index in [0.29, 0.717) is 25.9 Å². The summed E-state index contributed by atoms with van der Waals surface area (Å²) in [5.74, 6) is -2.46. The maximum absolute atomic E-state index is 13.3. The van der Waals surface area contributed by atoms with Crippen LogP contribution in [0.1, 0.15) is 23.2 Å². The van der Waals surface area contributed by atoms with Gasteiger partial charge < -0.3 is 9.84 Å². The van der Waals surface area contributed by atoms with Crippen molar-refractivity contribution in [3.05, 3.63) is 29.6 Å². The Bertz CT molecular complexity index is 638. The maximum atomic E-state index is 13.3. The van der Waals surface area contributed by atoms with Crippen LogP contribution in [0.15, 0.2) is 23.1 Å². The molecule has 1 N–H and O–H groups in total. The molecule has 0 spiro atoms. The van der Waals surface area contributed by atoms with Crippen LogP contribution in [-0.2, 0) is 14.8 Å². The minimum Gasteiger partial charge on any atom is -0.478 e. The Morgan fingerprint density at radius 2 is 2.00 bits per heavy atom. The van der Waals surface area contributed by atoms with E-state index in [4.69, 9.17) is 9.84 Å². The highest BCUT2D eigenvalue weighted by Gasteiger charge is 2.30. The van der Waals surface area contributed by atoms with Crippen molar-refractivity contribution in [3.8, 4) is 0 Å². The molecule has 0 unspecified atom stereocenters. The molecule has 2 rings (SSSR count). The van der Waals surface area contributed by atoms with Crippen LogP contribution in [0.25, 0.3) is 0 Å². The van der Waals surface area contributed by atoms with Crippen molar-refractivity contribution < 1.29 is 27.4 Å². The van der Waals surface area contributed by atoms with E-state index in [1.807, 2.05) is 0 Å². The number of benzene rings is 1. The van der Waals surface area contributed by atoms with Gasteiger partial charge in [-0.05, 0) is 31.0 Å². The van der Waals surface area contributed by atoms with Crippen LogP contribution in [-0.4, -0.2) is 50.1 Å². The van der Waals surface area contributed by atoms with Gasteiger partial charge in [-0.15, -0.1) is 0 Å². The van der Waals surface area contributed by atoms with Gasteiger partial charge in [0.15, 0.2) is 0 Å². The highest BCUT2D eigenvalue weighted by molar-refractivity contribution is 7.89. The minimum absolute atomic E-state index is 0.0271. The number of aromatic carboxylic acids is 1. The van der Waals surface area contributed by atoms with E-state index < -0.39 is 27.4 Å². The van der Waals surface area contributed by atoms with Crippen LogP contribution < -0.4 is 0 Å². The second-order valence-corrected chi connectivity index (χ2v) is 6.72. The van der Waals surface area contributed by atoms with E-state index in [1.165, 1.54) is 4.31 Å². The second kappa shape index (κ2) is 6.08. The number of carbonyl (C=O) groups is 1. The Morgan fingerprint density at radius 3 is 2.52 bits per heavy atom. The average molecular weight is 317 g/mol. The van der Waals surface area contributed by atoms with E-state index in [1.54, 1.807) is 7.11 Å². The number of sulfonamides is 1. The molecule has 0 atom stereocenters. The molecule has 21 heavy (non-hydrogen) atoms. The molecule has 0 saturated carbocycles. The molecule has 1 fully saturated rings. The predicted molar refractivity (Wildman–Crippen MR) is 72.1 cm³/mol. The summed E-state index contributed by atoms with van der Waals surface area (Å²) >= 11 is 0. The van der Waals surface area contributed by atoms with E-state index in [0.717, 1.165) is 18.2 Å². The summed E-state index contributed by atoms with van der Waals surface area (Å²) in [4.78, 5) is 10.7. The molecule has 1 heterocycles. The Kier molecular flexibility index (Phi) is 4.60. The zero-order valence-electron chi connectivity index (χ0n) is 11.5. The molecular weight excluding hydrogens is 301 g/mol. The van der Waals surface area contributed by atoms with E-state index in [-0.39, 0.29) is 11.0 Å². The fourth-order valence-electron chi connectivity index (χ4n) is 2.29. The van der Waals surface area contributed by atoms with Gasteiger partial charge in [0.25, 0.3) is 0 Å². The standard InChI is InChI=1S/C13H16FNO5S/c1-20-9-4-6-15(7-5-9)21(18,19)10-2-3-12(14)11(8-10)13(16)17/h2-3,8-9H,4-7H2,1H3,(H,16,17). The summed E-state index contributed by atoms with van der Waals surface area (Å²) < 4.78 is 44.7. The third-order valence-electron chi connectivity index (χ3n) is 3.54. The molecule has 116 valence electrons. The molecule has 8 heteroatoms. The molecule has 1 aromatic carbocycles. The van der Waals surface area contributed by atoms with Gasteiger partial charge in [0.05, 0.1) is 16.6 Å². The highest BCUT2D eigenvalue weighted by Crippen LogP contribution is 2.23. The molecule has 1 aromatic rings. The summed E-state index contributed by atoms with van der Waals surface area (Å²) in [6.45, 7) is 0.585. The molecule has 0 radical (unpaired) electrons. The quantitative estimate of drug-likeness (QED) is 0.905. The largest absolute Gasteiger partial charge is 0.478 e. The lowest BCUT2D eigenvalue weighted by Gasteiger charge is -2.30. The van der Waals surface area contributed by atoms with Crippen LogP contribution in [0.4, 0.5) is 4.39 Å². The van der Waals surface area contributed by atoms with Crippen molar-refractivity contribution in [3.63, 3.8) is 0 Å². The van der Waals surface area contributed by atoms with Crippen molar-refractivity contribution in [1.29, 1.82) is 0 Å². The first-order valence-electron chi connectivity index (χ1n) is 6.42. The molecule has 0 amide bonds. The van der Waals surface area contributed by atoms with Crippen LogP contribution >= 0.6 is 0 Å². The van der Waals surface area contributed by atoms with Gasteiger partial charge in [0.2, 0.25) is 10.0 Å². The molecule has 0 bridgehead atoms. The van der Waals surface area contributed by atoms with Crippen molar-refractivity contribution in [2.45, 2.75) is 23.8 Å². The fourth-order valence-corrected chi connectivity index (χ4v) is 3.78. The summed E-state index contributed by atoms with van der Waals surface area (Å²) in [5.41, 5.74) is -0.650. The molecule has 1 aliphatic heterocycles. The zero-order valence-corrected chi connectivity index (χ0v) is 12.3. The molecular formula is C13H16FNO5S. The number of methoxy groups -OCH3 is 1. The van der Waals surface area contributed by atoms with Crippen LogP contribution in [0.2, 0.25) is 0 Å². The van der Waals surface area contributed by atoms with Crippen LogP contribution in [0, 0.1) is 5.82 Å². The maximum Gasteiger partial charge on any atom is 0.338 e. The van der Waals surface area contributed by atoms with E-state index in [2.05, 4.69) is 0 Å². The lowest BCUT2D eigenvalue weighted by atomic mass is 10.1. The van der Waals surface area contributed by atoms with Gasteiger partial charge in [-0.1, -0.05) is 0 Å². The minimum atomic E-state index is -3.82. The number of nitrogens with zero attached hydrogens (tertiary/aromatic N) is 1. The van der Waals surface area contributed by atoms with Gasteiger partial charge in [-0.2, -0.15) is 4.31 Å². The van der Waals surface area contributed by atoms with Crippen molar-refractivity contribution in [2.24, 2.45) is 0 Å². The first-order valence-corrected chi connectivity index (χ1v) is 7.86. The number of carboxylic acid groups (broad SMARTS) is 1. The number of halogens is 1. The second-order valence-electron chi connectivity index (χ2n) is 4.79. The summed E-state index contributed by atoms with van der Waals surface area (Å²) in [6.07, 6.45) is 1.17. The van der Waals surface area contributed by atoms with Gasteiger partial charge in [0, 0.05) is 20.2 Å². The number of hydrogen-bond acceptors (Lipinski definition) is 4. The van der Waals surface area contributed by atoms with Crippen LogP contribution in [0.3, 0.4) is 0 Å². The number of ether oxygens (including phenoxy) is 1. The molecule has 1 aliphatic rings. The first-order chi connectivity index (χ1) is 9.86. The lowest BCUT2D eigenvalue weighted by molar-refractivity contribution is 0.0604. The van der Waals surface area contributed by atoms with Crippen molar-refractivity contribution in [1.82, 2.24) is 4.31 Å². The van der Waals surface area contributed by atoms with Gasteiger partial charge >= 0.3 is 5.97 Å². The topological polar surface area (TPSA) is 83.9 Å². The number of carboxylic acids is 1. The van der Waals surface area contributed by atoms with Gasteiger partial charge in [0.1, 0.15) is 5.82 Å². The highest BCUT2D eigenvalue weighted by atomic mass is 32.2. The Balaban J connectivity index is 2.28. The Morgan fingerprint density at radius 1 is 1.38 bits per heavy atom. The van der Waals surface area contributed by atoms with Gasteiger partial charge in [-0.25, -0.2) is 17.6 Å². The Hall–Kier alpha value is -1.51. The van der Waals surface area contributed by atoms with Crippen LogP contribution in [0.5, 0.6) is 0 Å². The van der Waals surface area contributed by atoms with Crippen molar-refractivity contribution in [2.75, 3.05) is 20.2 Å². The van der Waals surface area contributed by atoms with Crippen molar-refractivity contribution >= 4 is 16.0 Å². The molecule has 1 saturated heterocycles. The number of piperidine rings is 1. The van der Waals surface area contributed by atoms with E-state index >= 15 is 0 Å². The molecule has 0 aromatic heterocycles. The lowest BCUT2D eigenvalue weighted by Crippen LogP contribution is -2.40. The normalized spacial score (nSPS) is 17.8. The fraction of sp³-hybridized carbons (Fsp3) is 0.462. The third-order valence-corrected chi connectivity index (χ3v) is 5.43. The first kappa shape index (κ1) is 15.9. The molecule has 6 nitrogen and oxygen atoms in total. The predicted octanol–water partition coefficient (Wildman–Crippen LogP) is 1.32. The smallest absolute Gasteiger partial charge is 0.338 e. The Labute approximate surface area is 122 Å². The summed E-state index contributed by atoms with van der Waals surface area (Å²) in [5, 5.41) is 8.87. The SMILES string of the molecule is COC1CCN(S(=O)(=O)c2ccc(F)c(C(=O)O)c2)CC1. The molecule has 0 aliphatic carbocycles. The summed E-state index contributed by atoms with van der Waals surface area (Å²) in [7, 11) is -2.24.